The van der Waals surface area contributed by atoms with Gasteiger partial charge in [-0.25, -0.2) is 9.78 Å². The monoisotopic (exact) mass is 335 g/mol. The summed E-state index contributed by atoms with van der Waals surface area (Å²) in [7, 11) is 0. The number of nitrogens with one attached hydrogen (secondary N) is 1. The first-order valence-corrected chi connectivity index (χ1v) is 9.02. The number of urea groups is 1. The lowest BCUT2D eigenvalue weighted by Crippen LogP contribution is -2.49. The number of aromatic nitrogens is 2. The SMILES string of the molecule is CC(Cn1ccnc1)NC(=O)N1CCC(CN2CCOCC2)CC1. The Morgan fingerprint density at radius 3 is 2.71 bits per heavy atom. The lowest BCUT2D eigenvalue weighted by Gasteiger charge is -2.36. The van der Waals surface area contributed by atoms with Crippen molar-refractivity contribution in [3.63, 3.8) is 0 Å². The second-order valence-corrected chi connectivity index (χ2v) is 6.95. The van der Waals surface area contributed by atoms with E-state index in [1.54, 1.807) is 12.5 Å². The number of morpholine rings is 1. The van der Waals surface area contributed by atoms with E-state index in [1.165, 1.54) is 0 Å². The largest absolute Gasteiger partial charge is 0.379 e. The first-order chi connectivity index (χ1) is 11.7. The second kappa shape index (κ2) is 8.48. The molecule has 0 spiro atoms. The molecule has 2 aliphatic heterocycles. The van der Waals surface area contributed by atoms with E-state index in [1.807, 2.05) is 22.6 Å². The van der Waals surface area contributed by atoms with Gasteiger partial charge in [0.25, 0.3) is 0 Å². The molecule has 2 fully saturated rings. The summed E-state index contributed by atoms with van der Waals surface area (Å²) in [6.07, 6.45) is 7.65. The van der Waals surface area contributed by atoms with Crippen LogP contribution in [0.5, 0.6) is 0 Å². The number of hydrogen-bond acceptors (Lipinski definition) is 4. The predicted octanol–water partition coefficient (Wildman–Crippen LogP) is 1.03. The minimum Gasteiger partial charge on any atom is -0.379 e. The fourth-order valence-corrected chi connectivity index (χ4v) is 3.53. The molecule has 1 aromatic heterocycles. The topological polar surface area (TPSA) is 62.6 Å². The first-order valence-electron chi connectivity index (χ1n) is 9.02. The van der Waals surface area contributed by atoms with E-state index in [4.69, 9.17) is 4.74 Å². The summed E-state index contributed by atoms with van der Waals surface area (Å²) in [6.45, 7) is 9.46. The van der Waals surface area contributed by atoms with Crippen LogP contribution >= 0.6 is 0 Å². The number of carbonyl (C=O) groups is 1. The molecule has 24 heavy (non-hydrogen) atoms. The molecule has 0 aliphatic carbocycles. The fraction of sp³-hybridized carbons (Fsp3) is 0.765. The number of carbonyl (C=O) groups excluding carboxylic acids is 1. The highest BCUT2D eigenvalue weighted by atomic mass is 16.5. The van der Waals surface area contributed by atoms with Crippen molar-refractivity contribution in [1.29, 1.82) is 0 Å². The maximum Gasteiger partial charge on any atom is 0.317 e. The smallest absolute Gasteiger partial charge is 0.317 e. The summed E-state index contributed by atoms with van der Waals surface area (Å²) >= 11 is 0. The molecule has 0 bridgehead atoms. The Balaban J connectivity index is 1.36. The van der Waals surface area contributed by atoms with Gasteiger partial charge in [-0.15, -0.1) is 0 Å². The van der Waals surface area contributed by atoms with Gasteiger partial charge in [-0.05, 0) is 25.7 Å². The summed E-state index contributed by atoms with van der Waals surface area (Å²) in [4.78, 5) is 20.9. The number of likely N-dealkylation sites (tertiary alicyclic amines) is 1. The molecule has 7 heteroatoms. The van der Waals surface area contributed by atoms with Crippen LogP contribution in [-0.4, -0.2) is 77.4 Å². The molecule has 3 rings (SSSR count). The van der Waals surface area contributed by atoms with Gasteiger partial charge in [0.15, 0.2) is 0 Å². The van der Waals surface area contributed by atoms with Crippen LogP contribution in [0.1, 0.15) is 19.8 Å². The molecule has 0 saturated carbocycles. The number of nitrogens with zero attached hydrogens (tertiary/aromatic N) is 4. The van der Waals surface area contributed by atoms with Crippen molar-refractivity contribution in [1.82, 2.24) is 24.7 Å². The van der Waals surface area contributed by atoms with Crippen molar-refractivity contribution in [3.8, 4) is 0 Å². The molecule has 0 radical (unpaired) electrons. The summed E-state index contributed by atoms with van der Waals surface area (Å²) in [6, 6.07) is 0.158. The minimum absolute atomic E-state index is 0.0624. The molecular weight excluding hydrogens is 306 g/mol. The Morgan fingerprint density at radius 2 is 2.04 bits per heavy atom. The number of hydrogen-bond donors (Lipinski definition) is 1. The quantitative estimate of drug-likeness (QED) is 0.873. The van der Waals surface area contributed by atoms with Gasteiger partial charge < -0.3 is 19.5 Å². The standard InChI is InChI=1S/C17H29N5O2/c1-15(12-21-7-4-18-14-21)19-17(23)22-5-2-16(3-6-22)13-20-8-10-24-11-9-20/h4,7,14-16H,2-3,5-6,8-13H2,1H3,(H,19,23). The van der Waals surface area contributed by atoms with Crippen molar-refractivity contribution in [2.24, 2.45) is 5.92 Å². The lowest BCUT2D eigenvalue weighted by atomic mass is 9.96. The van der Waals surface area contributed by atoms with Crippen LogP contribution < -0.4 is 5.32 Å². The lowest BCUT2D eigenvalue weighted by molar-refractivity contribution is 0.0258. The third-order valence-corrected chi connectivity index (χ3v) is 4.94. The van der Waals surface area contributed by atoms with E-state index in [0.717, 1.165) is 65.3 Å². The first kappa shape index (κ1) is 17.2. The molecule has 2 saturated heterocycles. The summed E-state index contributed by atoms with van der Waals surface area (Å²) in [5.41, 5.74) is 0. The number of imidazole rings is 1. The van der Waals surface area contributed by atoms with E-state index >= 15 is 0 Å². The molecule has 1 N–H and O–H groups in total. The highest BCUT2D eigenvalue weighted by Crippen LogP contribution is 2.19. The van der Waals surface area contributed by atoms with Crippen molar-refractivity contribution in [2.45, 2.75) is 32.4 Å². The fourth-order valence-electron chi connectivity index (χ4n) is 3.53. The van der Waals surface area contributed by atoms with Gasteiger partial charge in [0, 0.05) is 57.7 Å². The Hall–Kier alpha value is -1.60. The zero-order chi connectivity index (χ0) is 16.8. The van der Waals surface area contributed by atoms with Crippen molar-refractivity contribution in [2.75, 3.05) is 45.9 Å². The van der Waals surface area contributed by atoms with E-state index < -0.39 is 0 Å². The van der Waals surface area contributed by atoms with Gasteiger partial charge in [0.2, 0.25) is 0 Å². The van der Waals surface area contributed by atoms with Crippen LogP contribution in [0.4, 0.5) is 4.79 Å². The normalized spacial score (nSPS) is 21.6. The number of piperidine rings is 1. The van der Waals surface area contributed by atoms with Crippen molar-refractivity contribution < 1.29 is 9.53 Å². The maximum absolute atomic E-state index is 12.4. The molecule has 2 aliphatic rings. The predicted molar refractivity (Wildman–Crippen MR) is 91.8 cm³/mol. The van der Waals surface area contributed by atoms with Gasteiger partial charge in [0.05, 0.1) is 19.5 Å². The van der Waals surface area contributed by atoms with Crippen LogP contribution in [0.3, 0.4) is 0 Å². The average Bonchev–Trinajstić information content (AvgIpc) is 3.09. The number of rotatable bonds is 5. The average molecular weight is 335 g/mol. The molecule has 3 heterocycles. The molecule has 134 valence electrons. The van der Waals surface area contributed by atoms with E-state index in [-0.39, 0.29) is 12.1 Å². The Kier molecular flexibility index (Phi) is 6.09. The zero-order valence-electron chi connectivity index (χ0n) is 14.6. The molecule has 7 nitrogen and oxygen atoms in total. The van der Waals surface area contributed by atoms with E-state index in [2.05, 4.69) is 15.2 Å². The number of amides is 2. The Labute approximate surface area is 144 Å². The van der Waals surface area contributed by atoms with Crippen LogP contribution in [0.2, 0.25) is 0 Å². The van der Waals surface area contributed by atoms with Crippen molar-refractivity contribution in [3.05, 3.63) is 18.7 Å². The van der Waals surface area contributed by atoms with Gasteiger partial charge in [-0.2, -0.15) is 0 Å². The van der Waals surface area contributed by atoms with Crippen molar-refractivity contribution >= 4 is 6.03 Å². The summed E-state index contributed by atoms with van der Waals surface area (Å²) < 4.78 is 7.39. The summed E-state index contributed by atoms with van der Waals surface area (Å²) in [5, 5.41) is 3.10. The molecular formula is C17H29N5O2. The van der Waals surface area contributed by atoms with Gasteiger partial charge in [-0.1, -0.05) is 0 Å². The highest BCUT2D eigenvalue weighted by Gasteiger charge is 2.25. The highest BCUT2D eigenvalue weighted by molar-refractivity contribution is 5.74. The Morgan fingerprint density at radius 1 is 1.29 bits per heavy atom. The number of ether oxygens (including phenoxy) is 1. The van der Waals surface area contributed by atoms with E-state index in [0.29, 0.717) is 5.92 Å². The van der Waals surface area contributed by atoms with Gasteiger partial charge in [0.1, 0.15) is 0 Å². The second-order valence-electron chi connectivity index (χ2n) is 6.95. The van der Waals surface area contributed by atoms with Crippen LogP contribution in [0.25, 0.3) is 0 Å². The molecule has 1 aromatic rings. The summed E-state index contributed by atoms with van der Waals surface area (Å²) in [5.74, 6) is 0.704. The van der Waals surface area contributed by atoms with Gasteiger partial charge >= 0.3 is 6.03 Å². The molecule has 2 amide bonds. The molecule has 1 atom stereocenters. The maximum atomic E-state index is 12.4. The zero-order valence-corrected chi connectivity index (χ0v) is 14.6. The van der Waals surface area contributed by atoms with Crippen LogP contribution in [0, 0.1) is 5.92 Å². The third-order valence-electron chi connectivity index (χ3n) is 4.94. The van der Waals surface area contributed by atoms with Crippen LogP contribution in [-0.2, 0) is 11.3 Å². The minimum atomic E-state index is 0.0624. The van der Waals surface area contributed by atoms with E-state index in [9.17, 15) is 4.79 Å². The molecule has 0 aromatic carbocycles. The third kappa shape index (κ3) is 4.95. The van der Waals surface area contributed by atoms with Gasteiger partial charge in [-0.3, -0.25) is 4.90 Å². The van der Waals surface area contributed by atoms with Crippen LogP contribution in [0.15, 0.2) is 18.7 Å². The molecule has 1 unspecified atom stereocenters. The Bertz CT molecular complexity index is 493.